The monoisotopic (exact) mass is 246 g/mol. The lowest BCUT2D eigenvalue weighted by Crippen LogP contribution is -2.48. The fraction of sp³-hybridized carbons (Fsp3) is 0.625. The van der Waals surface area contributed by atoms with Crippen molar-refractivity contribution >= 4 is 0 Å². The molecule has 2 heteroatoms. The SMILES string of the molecule is CCC1(C)CN(Cc2ccc(C)cc2)CCCN1. The lowest BCUT2D eigenvalue weighted by atomic mass is 9.98. The Kier molecular flexibility index (Phi) is 4.41. The molecule has 0 aliphatic carbocycles. The van der Waals surface area contributed by atoms with Gasteiger partial charge in [0, 0.05) is 18.6 Å². The van der Waals surface area contributed by atoms with E-state index in [1.54, 1.807) is 0 Å². The van der Waals surface area contributed by atoms with Gasteiger partial charge in [0.05, 0.1) is 0 Å². The largest absolute Gasteiger partial charge is 0.310 e. The third-order valence-corrected chi connectivity index (χ3v) is 4.08. The smallest absolute Gasteiger partial charge is 0.0277 e. The Morgan fingerprint density at radius 2 is 2.00 bits per heavy atom. The van der Waals surface area contributed by atoms with E-state index in [-0.39, 0.29) is 5.54 Å². The second-order valence-electron chi connectivity index (χ2n) is 5.89. The van der Waals surface area contributed by atoms with Gasteiger partial charge in [0.2, 0.25) is 0 Å². The van der Waals surface area contributed by atoms with E-state index in [1.165, 1.54) is 30.5 Å². The predicted molar refractivity (Wildman–Crippen MR) is 77.8 cm³/mol. The number of nitrogens with zero attached hydrogens (tertiary/aromatic N) is 1. The first-order valence-corrected chi connectivity index (χ1v) is 7.14. The highest BCUT2D eigenvalue weighted by molar-refractivity contribution is 5.21. The Balaban J connectivity index is 2.01. The Bertz CT molecular complexity index is 371. The van der Waals surface area contributed by atoms with Crippen LogP contribution in [0.2, 0.25) is 0 Å². The predicted octanol–water partition coefficient (Wildman–Crippen LogP) is 2.96. The maximum Gasteiger partial charge on any atom is 0.0277 e. The normalized spacial score (nSPS) is 25.9. The first-order chi connectivity index (χ1) is 8.61. The van der Waals surface area contributed by atoms with Gasteiger partial charge in [-0.2, -0.15) is 0 Å². The van der Waals surface area contributed by atoms with Crippen LogP contribution in [0.15, 0.2) is 24.3 Å². The van der Waals surface area contributed by atoms with Crippen LogP contribution in [0.5, 0.6) is 0 Å². The highest BCUT2D eigenvalue weighted by Gasteiger charge is 2.26. The minimum atomic E-state index is 0.279. The summed E-state index contributed by atoms with van der Waals surface area (Å²) in [5.74, 6) is 0. The van der Waals surface area contributed by atoms with Gasteiger partial charge in [-0.3, -0.25) is 4.90 Å². The molecule has 1 aliphatic rings. The van der Waals surface area contributed by atoms with Crippen molar-refractivity contribution in [2.24, 2.45) is 0 Å². The zero-order valence-corrected chi connectivity index (χ0v) is 12.0. The zero-order chi connectivity index (χ0) is 13.0. The summed E-state index contributed by atoms with van der Waals surface area (Å²) < 4.78 is 0. The summed E-state index contributed by atoms with van der Waals surface area (Å²) in [7, 11) is 0. The lowest BCUT2D eigenvalue weighted by molar-refractivity contribution is 0.208. The molecule has 0 radical (unpaired) electrons. The van der Waals surface area contributed by atoms with Gasteiger partial charge in [-0.1, -0.05) is 36.8 Å². The number of rotatable bonds is 3. The molecule has 2 rings (SSSR count). The van der Waals surface area contributed by atoms with E-state index in [2.05, 4.69) is 55.3 Å². The first kappa shape index (κ1) is 13.6. The van der Waals surface area contributed by atoms with Gasteiger partial charge < -0.3 is 5.32 Å². The van der Waals surface area contributed by atoms with Crippen molar-refractivity contribution in [3.8, 4) is 0 Å². The third kappa shape index (κ3) is 3.56. The van der Waals surface area contributed by atoms with Gasteiger partial charge >= 0.3 is 0 Å². The fourth-order valence-electron chi connectivity index (χ4n) is 2.64. The average Bonchev–Trinajstić information content (AvgIpc) is 2.55. The van der Waals surface area contributed by atoms with Crippen LogP contribution in [0.3, 0.4) is 0 Å². The van der Waals surface area contributed by atoms with Crippen molar-refractivity contribution in [3.05, 3.63) is 35.4 Å². The van der Waals surface area contributed by atoms with Gasteiger partial charge in [0.15, 0.2) is 0 Å². The molecule has 0 aromatic heterocycles. The molecule has 2 nitrogen and oxygen atoms in total. The minimum absolute atomic E-state index is 0.279. The number of hydrogen-bond acceptors (Lipinski definition) is 2. The standard InChI is InChI=1S/C16H26N2/c1-4-16(3)13-18(11-5-10-17-16)12-15-8-6-14(2)7-9-15/h6-9,17H,4-5,10-13H2,1-3H3. The summed E-state index contributed by atoms with van der Waals surface area (Å²) in [5.41, 5.74) is 3.05. The summed E-state index contributed by atoms with van der Waals surface area (Å²) in [5, 5.41) is 3.69. The molecule has 0 saturated carbocycles. The van der Waals surface area contributed by atoms with Gasteiger partial charge in [-0.15, -0.1) is 0 Å². The van der Waals surface area contributed by atoms with Crippen LogP contribution in [0.1, 0.15) is 37.8 Å². The van der Waals surface area contributed by atoms with Crippen molar-refractivity contribution in [2.45, 2.75) is 45.7 Å². The summed E-state index contributed by atoms with van der Waals surface area (Å²) >= 11 is 0. The highest BCUT2D eigenvalue weighted by Crippen LogP contribution is 2.17. The van der Waals surface area contributed by atoms with E-state index in [0.717, 1.165) is 19.6 Å². The van der Waals surface area contributed by atoms with E-state index in [9.17, 15) is 0 Å². The van der Waals surface area contributed by atoms with Crippen molar-refractivity contribution in [1.82, 2.24) is 10.2 Å². The molecule has 1 N–H and O–H groups in total. The molecule has 0 amide bonds. The molecule has 1 saturated heterocycles. The zero-order valence-electron chi connectivity index (χ0n) is 12.0. The molecule has 1 aromatic carbocycles. The van der Waals surface area contributed by atoms with Gasteiger partial charge in [-0.05, 0) is 45.3 Å². The second-order valence-corrected chi connectivity index (χ2v) is 5.89. The molecular weight excluding hydrogens is 220 g/mol. The lowest BCUT2D eigenvalue weighted by Gasteiger charge is -2.32. The van der Waals surface area contributed by atoms with Crippen molar-refractivity contribution in [1.29, 1.82) is 0 Å². The summed E-state index contributed by atoms with van der Waals surface area (Å²) in [6, 6.07) is 8.95. The molecule has 1 fully saturated rings. The molecule has 1 heterocycles. The second kappa shape index (κ2) is 5.85. The molecule has 1 aliphatic heterocycles. The summed E-state index contributed by atoms with van der Waals surface area (Å²) in [6.07, 6.45) is 2.44. The Morgan fingerprint density at radius 3 is 2.67 bits per heavy atom. The van der Waals surface area contributed by atoms with Gasteiger partial charge in [-0.25, -0.2) is 0 Å². The Hall–Kier alpha value is -0.860. The maximum atomic E-state index is 3.69. The molecule has 100 valence electrons. The van der Waals surface area contributed by atoms with Crippen LogP contribution < -0.4 is 5.32 Å². The van der Waals surface area contributed by atoms with E-state index in [0.29, 0.717) is 0 Å². The average molecular weight is 246 g/mol. The van der Waals surface area contributed by atoms with Crippen LogP contribution in [0.4, 0.5) is 0 Å². The number of hydrogen-bond donors (Lipinski definition) is 1. The number of nitrogens with one attached hydrogen (secondary N) is 1. The summed E-state index contributed by atoms with van der Waals surface area (Å²) in [6.45, 7) is 11.4. The number of aryl methyl sites for hydroxylation is 1. The van der Waals surface area contributed by atoms with Crippen LogP contribution in [0, 0.1) is 6.92 Å². The topological polar surface area (TPSA) is 15.3 Å². The highest BCUT2D eigenvalue weighted by atomic mass is 15.2. The van der Waals surface area contributed by atoms with Crippen molar-refractivity contribution in [3.63, 3.8) is 0 Å². The van der Waals surface area contributed by atoms with Crippen LogP contribution in [0.25, 0.3) is 0 Å². The van der Waals surface area contributed by atoms with Crippen LogP contribution >= 0.6 is 0 Å². The van der Waals surface area contributed by atoms with E-state index >= 15 is 0 Å². The Morgan fingerprint density at radius 1 is 1.28 bits per heavy atom. The number of benzene rings is 1. The maximum absolute atomic E-state index is 3.69. The quantitative estimate of drug-likeness (QED) is 0.882. The molecule has 1 atom stereocenters. The third-order valence-electron chi connectivity index (χ3n) is 4.08. The molecule has 0 spiro atoms. The van der Waals surface area contributed by atoms with Crippen LogP contribution in [-0.4, -0.2) is 30.1 Å². The summed E-state index contributed by atoms with van der Waals surface area (Å²) in [4.78, 5) is 2.59. The van der Waals surface area contributed by atoms with Gasteiger partial charge in [0.25, 0.3) is 0 Å². The Labute approximate surface area is 111 Å². The molecule has 18 heavy (non-hydrogen) atoms. The minimum Gasteiger partial charge on any atom is -0.310 e. The molecule has 0 bridgehead atoms. The van der Waals surface area contributed by atoms with Crippen molar-refractivity contribution < 1.29 is 0 Å². The van der Waals surface area contributed by atoms with E-state index in [1.807, 2.05) is 0 Å². The molecule has 1 unspecified atom stereocenters. The fourth-order valence-corrected chi connectivity index (χ4v) is 2.64. The molecule has 1 aromatic rings. The van der Waals surface area contributed by atoms with Gasteiger partial charge in [0.1, 0.15) is 0 Å². The van der Waals surface area contributed by atoms with Crippen molar-refractivity contribution in [2.75, 3.05) is 19.6 Å². The van der Waals surface area contributed by atoms with E-state index < -0.39 is 0 Å². The van der Waals surface area contributed by atoms with Crippen LogP contribution in [-0.2, 0) is 6.54 Å². The van der Waals surface area contributed by atoms with E-state index in [4.69, 9.17) is 0 Å². The molecular formula is C16H26N2. The first-order valence-electron chi connectivity index (χ1n) is 7.14.